The van der Waals surface area contributed by atoms with Gasteiger partial charge in [0.15, 0.2) is 0 Å². The van der Waals surface area contributed by atoms with E-state index in [1.165, 1.54) is 0 Å². The quantitative estimate of drug-likeness (QED) is 0.766. The lowest BCUT2D eigenvalue weighted by Gasteiger charge is -2.32. The van der Waals surface area contributed by atoms with Crippen LogP contribution in [-0.2, 0) is 0 Å². The van der Waals surface area contributed by atoms with Crippen LogP contribution >= 0.6 is 0 Å². The van der Waals surface area contributed by atoms with E-state index in [4.69, 9.17) is 0 Å². The number of carbonyl (C=O) groups excluding carboxylic acids is 1. The summed E-state index contributed by atoms with van der Waals surface area (Å²) in [6, 6.07) is 5.22. The standard InChI is InChI=1S/C13H18N2O2/c1-9-7-11(16)3-4-12(9)13(17)15-6-5-14-10(2)8-15/h3-4,7,10,14,16H,5-6,8H2,1-2H3. The summed E-state index contributed by atoms with van der Waals surface area (Å²) in [7, 11) is 0. The fourth-order valence-corrected chi connectivity index (χ4v) is 2.17. The molecule has 1 unspecified atom stereocenters. The number of phenolic OH excluding ortho intramolecular Hbond substituents is 1. The van der Waals surface area contributed by atoms with Crippen LogP contribution in [0.25, 0.3) is 0 Å². The first-order valence-electron chi connectivity index (χ1n) is 5.90. The van der Waals surface area contributed by atoms with Crippen LogP contribution in [0.5, 0.6) is 5.75 Å². The van der Waals surface area contributed by atoms with Crippen LogP contribution in [-0.4, -0.2) is 41.6 Å². The van der Waals surface area contributed by atoms with E-state index in [0.717, 1.165) is 25.2 Å². The number of hydrogen-bond acceptors (Lipinski definition) is 3. The van der Waals surface area contributed by atoms with Gasteiger partial charge in [0.25, 0.3) is 5.91 Å². The summed E-state index contributed by atoms with van der Waals surface area (Å²) >= 11 is 0. The first kappa shape index (κ1) is 11.9. The summed E-state index contributed by atoms with van der Waals surface area (Å²) in [5.41, 5.74) is 1.50. The minimum absolute atomic E-state index is 0.0517. The highest BCUT2D eigenvalue weighted by atomic mass is 16.3. The highest BCUT2D eigenvalue weighted by molar-refractivity contribution is 5.95. The van der Waals surface area contributed by atoms with Crippen molar-refractivity contribution >= 4 is 5.91 Å². The molecule has 92 valence electrons. The van der Waals surface area contributed by atoms with Gasteiger partial charge in [-0.2, -0.15) is 0 Å². The number of phenols is 1. The molecule has 0 aliphatic carbocycles. The van der Waals surface area contributed by atoms with E-state index in [2.05, 4.69) is 12.2 Å². The fraction of sp³-hybridized carbons (Fsp3) is 0.462. The highest BCUT2D eigenvalue weighted by Crippen LogP contribution is 2.18. The highest BCUT2D eigenvalue weighted by Gasteiger charge is 2.22. The molecule has 0 spiro atoms. The third-order valence-electron chi connectivity index (χ3n) is 3.10. The maximum Gasteiger partial charge on any atom is 0.254 e. The van der Waals surface area contributed by atoms with Crippen molar-refractivity contribution in [3.05, 3.63) is 29.3 Å². The second kappa shape index (κ2) is 4.75. The van der Waals surface area contributed by atoms with Crippen molar-refractivity contribution in [3.63, 3.8) is 0 Å². The number of benzene rings is 1. The molecule has 1 aliphatic rings. The van der Waals surface area contributed by atoms with E-state index < -0.39 is 0 Å². The van der Waals surface area contributed by atoms with E-state index in [1.807, 2.05) is 11.8 Å². The lowest BCUT2D eigenvalue weighted by atomic mass is 10.1. The largest absolute Gasteiger partial charge is 0.508 e. The Morgan fingerprint density at radius 3 is 2.94 bits per heavy atom. The number of nitrogens with one attached hydrogen (secondary N) is 1. The summed E-state index contributed by atoms with van der Waals surface area (Å²) < 4.78 is 0. The molecule has 0 saturated carbocycles. The van der Waals surface area contributed by atoms with E-state index in [-0.39, 0.29) is 11.7 Å². The maximum atomic E-state index is 12.3. The van der Waals surface area contributed by atoms with Gasteiger partial charge in [-0.05, 0) is 37.6 Å². The molecule has 1 aliphatic heterocycles. The number of amides is 1. The number of aryl methyl sites for hydroxylation is 1. The first-order chi connectivity index (χ1) is 8.08. The van der Waals surface area contributed by atoms with Gasteiger partial charge in [0.1, 0.15) is 5.75 Å². The molecular formula is C13H18N2O2. The molecule has 0 bridgehead atoms. The third-order valence-corrected chi connectivity index (χ3v) is 3.10. The van der Waals surface area contributed by atoms with E-state index in [0.29, 0.717) is 11.6 Å². The molecule has 1 amide bonds. The summed E-state index contributed by atoms with van der Waals surface area (Å²) in [5.74, 6) is 0.253. The van der Waals surface area contributed by atoms with Gasteiger partial charge >= 0.3 is 0 Å². The average Bonchev–Trinajstić information content (AvgIpc) is 2.28. The van der Waals surface area contributed by atoms with Crippen LogP contribution in [0.4, 0.5) is 0 Å². The lowest BCUT2D eigenvalue weighted by molar-refractivity contribution is 0.0708. The van der Waals surface area contributed by atoms with E-state index in [9.17, 15) is 9.90 Å². The predicted molar refractivity (Wildman–Crippen MR) is 66.2 cm³/mol. The Kier molecular flexibility index (Phi) is 3.33. The lowest BCUT2D eigenvalue weighted by Crippen LogP contribution is -2.51. The Hall–Kier alpha value is -1.55. The zero-order valence-corrected chi connectivity index (χ0v) is 10.2. The molecule has 1 heterocycles. The first-order valence-corrected chi connectivity index (χ1v) is 5.90. The van der Waals surface area contributed by atoms with Crippen molar-refractivity contribution in [2.45, 2.75) is 19.9 Å². The number of rotatable bonds is 1. The molecule has 4 nitrogen and oxygen atoms in total. The molecule has 1 fully saturated rings. The summed E-state index contributed by atoms with van der Waals surface area (Å²) in [4.78, 5) is 14.2. The number of aromatic hydroxyl groups is 1. The van der Waals surface area contributed by atoms with Crippen molar-refractivity contribution in [2.24, 2.45) is 0 Å². The molecule has 1 saturated heterocycles. The Bertz CT molecular complexity index is 431. The van der Waals surface area contributed by atoms with Gasteiger partial charge in [0.2, 0.25) is 0 Å². The van der Waals surface area contributed by atoms with Crippen molar-refractivity contribution in [1.82, 2.24) is 10.2 Å². The van der Waals surface area contributed by atoms with Gasteiger partial charge in [-0.1, -0.05) is 0 Å². The molecule has 17 heavy (non-hydrogen) atoms. The average molecular weight is 234 g/mol. The Balaban J connectivity index is 2.18. The monoisotopic (exact) mass is 234 g/mol. The van der Waals surface area contributed by atoms with Gasteiger partial charge < -0.3 is 15.3 Å². The number of hydrogen-bond donors (Lipinski definition) is 2. The van der Waals surface area contributed by atoms with Crippen LogP contribution in [0.2, 0.25) is 0 Å². The molecule has 2 N–H and O–H groups in total. The molecule has 2 rings (SSSR count). The Morgan fingerprint density at radius 1 is 1.53 bits per heavy atom. The molecule has 1 atom stereocenters. The van der Waals surface area contributed by atoms with Crippen molar-refractivity contribution in [3.8, 4) is 5.75 Å². The smallest absolute Gasteiger partial charge is 0.254 e. The molecule has 1 aromatic carbocycles. The van der Waals surface area contributed by atoms with Gasteiger partial charge in [-0.15, -0.1) is 0 Å². The van der Waals surface area contributed by atoms with Gasteiger partial charge in [-0.3, -0.25) is 4.79 Å². The minimum atomic E-state index is 0.0517. The van der Waals surface area contributed by atoms with E-state index in [1.54, 1.807) is 18.2 Å². The van der Waals surface area contributed by atoms with Gasteiger partial charge in [-0.25, -0.2) is 0 Å². The van der Waals surface area contributed by atoms with Crippen LogP contribution in [0.3, 0.4) is 0 Å². The Morgan fingerprint density at radius 2 is 2.29 bits per heavy atom. The van der Waals surface area contributed by atoms with Crippen molar-refractivity contribution < 1.29 is 9.90 Å². The summed E-state index contributed by atoms with van der Waals surface area (Å²) in [6.45, 7) is 6.23. The predicted octanol–water partition coefficient (Wildman–Crippen LogP) is 1.13. The van der Waals surface area contributed by atoms with Crippen LogP contribution in [0.15, 0.2) is 18.2 Å². The minimum Gasteiger partial charge on any atom is -0.508 e. The maximum absolute atomic E-state index is 12.3. The van der Waals surface area contributed by atoms with Crippen LogP contribution < -0.4 is 5.32 Å². The zero-order chi connectivity index (χ0) is 12.4. The van der Waals surface area contributed by atoms with Gasteiger partial charge in [0.05, 0.1) is 0 Å². The van der Waals surface area contributed by atoms with Gasteiger partial charge in [0, 0.05) is 31.2 Å². The van der Waals surface area contributed by atoms with Crippen molar-refractivity contribution in [2.75, 3.05) is 19.6 Å². The molecule has 4 heteroatoms. The van der Waals surface area contributed by atoms with Crippen LogP contribution in [0.1, 0.15) is 22.8 Å². The zero-order valence-electron chi connectivity index (χ0n) is 10.2. The molecule has 0 radical (unpaired) electrons. The summed E-state index contributed by atoms with van der Waals surface area (Å²) in [5, 5.41) is 12.6. The van der Waals surface area contributed by atoms with E-state index >= 15 is 0 Å². The second-order valence-electron chi connectivity index (χ2n) is 4.61. The molecule has 0 aromatic heterocycles. The normalized spacial score (nSPS) is 20.4. The number of nitrogens with zero attached hydrogens (tertiary/aromatic N) is 1. The van der Waals surface area contributed by atoms with Crippen molar-refractivity contribution in [1.29, 1.82) is 0 Å². The topological polar surface area (TPSA) is 52.6 Å². The van der Waals surface area contributed by atoms with Crippen LogP contribution in [0, 0.1) is 6.92 Å². The number of carbonyl (C=O) groups is 1. The molecular weight excluding hydrogens is 216 g/mol. The number of piperazine rings is 1. The third kappa shape index (κ3) is 2.58. The Labute approximate surface area is 101 Å². The molecule has 1 aromatic rings. The summed E-state index contributed by atoms with van der Waals surface area (Å²) in [6.07, 6.45) is 0. The fourth-order valence-electron chi connectivity index (χ4n) is 2.17. The SMILES string of the molecule is Cc1cc(O)ccc1C(=O)N1CCNC(C)C1. The second-order valence-corrected chi connectivity index (χ2v) is 4.61.